The van der Waals surface area contributed by atoms with Gasteiger partial charge in [0.2, 0.25) is 0 Å². The van der Waals surface area contributed by atoms with Crippen molar-refractivity contribution in [1.82, 2.24) is 0 Å². The lowest BCUT2D eigenvalue weighted by Gasteiger charge is -2.28. The highest BCUT2D eigenvalue weighted by Gasteiger charge is 2.39. The highest BCUT2D eigenvalue weighted by molar-refractivity contribution is 4.79. The van der Waals surface area contributed by atoms with Gasteiger partial charge >= 0.3 is 0 Å². The Morgan fingerprint density at radius 2 is 0.766 bits per heavy atom. The van der Waals surface area contributed by atoms with E-state index in [0.29, 0.717) is 6.10 Å². The molecule has 0 aromatic rings. The summed E-state index contributed by atoms with van der Waals surface area (Å²) in [4.78, 5) is 0. The Bertz CT molecular complexity index is 563. The lowest BCUT2D eigenvalue weighted by atomic mass is 9.96. The maximum Gasteiger partial charge on any atom is 0.168 e. The van der Waals surface area contributed by atoms with Crippen LogP contribution in [0.5, 0.6) is 0 Å². The maximum atomic E-state index is 6.63. The van der Waals surface area contributed by atoms with E-state index in [-0.39, 0.29) is 13.2 Å². The van der Waals surface area contributed by atoms with Gasteiger partial charge in [-0.15, -0.1) is 0 Å². The third kappa shape index (κ3) is 28.3. The topological polar surface area (TPSA) is 18.5 Å². The van der Waals surface area contributed by atoms with Crippen molar-refractivity contribution < 1.29 is 9.47 Å². The van der Waals surface area contributed by atoms with E-state index in [1.54, 1.807) is 0 Å². The third-order valence-corrected chi connectivity index (χ3v) is 11.1. The van der Waals surface area contributed by atoms with Gasteiger partial charge in [-0.2, -0.15) is 0 Å². The van der Waals surface area contributed by atoms with Crippen molar-refractivity contribution >= 4 is 0 Å². The van der Waals surface area contributed by atoms with Crippen LogP contribution in [0.15, 0.2) is 0 Å². The van der Waals surface area contributed by atoms with Gasteiger partial charge in [0.05, 0.1) is 12.7 Å². The van der Waals surface area contributed by atoms with Crippen LogP contribution in [0.1, 0.15) is 260 Å². The molecule has 0 aliphatic carbocycles. The van der Waals surface area contributed by atoms with E-state index < -0.39 is 0 Å². The summed E-state index contributed by atoms with van der Waals surface area (Å²) in [6.45, 7) is 12.7. The molecule has 2 nitrogen and oxygen atoms in total. The van der Waals surface area contributed by atoms with Crippen LogP contribution in [-0.4, -0.2) is 18.5 Å². The molecule has 1 rings (SSSR count). The summed E-state index contributed by atoms with van der Waals surface area (Å²) in [5.41, 5.74) is 0. The molecule has 0 saturated carbocycles. The van der Waals surface area contributed by atoms with E-state index in [1.807, 2.05) is 0 Å². The molecule has 0 N–H and O–H groups in total. The van der Waals surface area contributed by atoms with Gasteiger partial charge in [0.15, 0.2) is 5.79 Å². The third-order valence-electron chi connectivity index (χ3n) is 11.1. The van der Waals surface area contributed by atoms with E-state index in [9.17, 15) is 0 Å². The van der Waals surface area contributed by atoms with Crippen LogP contribution in [0.25, 0.3) is 0 Å². The van der Waals surface area contributed by atoms with Crippen LogP contribution in [0.4, 0.5) is 0 Å². The van der Waals surface area contributed by atoms with Gasteiger partial charge in [0, 0.05) is 12.8 Å². The fourth-order valence-corrected chi connectivity index (χ4v) is 7.85. The molecular weight excluding hydrogens is 572 g/mol. The molecule has 0 spiro atoms. The van der Waals surface area contributed by atoms with Crippen molar-refractivity contribution in [3.63, 3.8) is 0 Å². The second kappa shape index (κ2) is 34.4. The van der Waals surface area contributed by atoms with E-state index in [4.69, 9.17) is 9.47 Å². The number of rotatable bonds is 36. The molecule has 284 valence electrons. The van der Waals surface area contributed by atoms with E-state index in [1.165, 1.54) is 199 Å². The van der Waals surface area contributed by atoms with E-state index in [2.05, 4.69) is 34.6 Å². The van der Waals surface area contributed by atoms with Gasteiger partial charge in [0.25, 0.3) is 0 Å². The zero-order chi connectivity index (χ0) is 33.4. The van der Waals surface area contributed by atoms with Gasteiger partial charge < -0.3 is 9.47 Å². The first-order chi connectivity index (χ1) is 22.5. The molecule has 3 atom stereocenters. The molecular formula is C45H92O2. The minimum absolute atomic E-state index is 0. The van der Waals surface area contributed by atoms with Crippen molar-refractivity contribution in [2.45, 2.75) is 272 Å². The van der Waals surface area contributed by atoms with E-state index in [0.717, 1.165) is 37.7 Å². The zero-order valence-corrected chi connectivity index (χ0v) is 32.8. The second-order valence-electron chi connectivity index (χ2n) is 16.1. The Hall–Kier alpha value is -0.0800. The summed E-state index contributed by atoms with van der Waals surface area (Å²) in [5, 5.41) is 0. The summed E-state index contributed by atoms with van der Waals surface area (Å²) in [5.74, 6) is 1.62. The fraction of sp³-hybridized carbons (Fsp3) is 1.00. The van der Waals surface area contributed by atoms with Crippen LogP contribution in [0, 0.1) is 11.8 Å². The largest absolute Gasteiger partial charge is 0.347 e. The molecule has 0 bridgehead atoms. The van der Waals surface area contributed by atoms with Gasteiger partial charge in [-0.1, -0.05) is 228 Å². The minimum atomic E-state index is -0.264. The molecule has 47 heavy (non-hydrogen) atoms. The first-order valence-electron chi connectivity index (χ1n) is 21.9. The molecule has 2 heteroatoms. The zero-order valence-electron chi connectivity index (χ0n) is 32.8. The number of hydrogen-bond donors (Lipinski definition) is 0. The molecule has 0 radical (unpaired) electrons. The van der Waals surface area contributed by atoms with Crippen LogP contribution in [0.2, 0.25) is 0 Å². The average molecular weight is 665 g/mol. The fourth-order valence-electron chi connectivity index (χ4n) is 7.85. The highest BCUT2D eigenvalue weighted by atomic mass is 16.7. The van der Waals surface area contributed by atoms with Crippen LogP contribution < -0.4 is 0 Å². The van der Waals surface area contributed by atoms with E-state index >= 15 is 0 Å². The molecule has 0 aromatic carbocycles. The Balaban J connectivity index is 0.0000212. The van der Waals surface area contributed by atoms with Crippen LogP contribution in [-0.2, 0) is 9.47 Å². The molecule has 1 fully saturated rings. The first-order valence-corrected chi connectivity index (χ1v) is 21.9. The smallest absolute Gasteiger partial charge is 0.168 e. The second-order valence-corrected chi connectivity index (χ2v) is 16.1. The molecule has 0 aromatic heterocycles. The summed E-state index contributed by atoms with van der Waals surface area (Å²) < 4.78 is 13.1. The molecule has 1 aliphatic heterocycles. The monoisotopic (exact) mass is 665 g/mol. The van der Waals surface area contributed by atoms with Crippen LogP contribution >= 0.6 is 0 Å². The lowest BCUT2D eigenvalue weighted by Crippen LogP contribution is -2.31. The van der Waals surface area contributed by atoms with Gasteiger partial charge in [0.1, 0.15) is 0 Å². The van der Waals surface area contributed by atoms with Crippen molar-refractivity contribution in [3.05, 3.63) is 0 Å². The molecule has 1 heterocycles. The summed E-state index contributed by atoms with van der Waals surface area (Å²) in [6, 6.07) is 0. The predicted molar refractivity (Wildman–Crippen MR) is 213 cm³/mol. The molecule has 0 amide bonds. The quantitative estimate of drug-likeness (QED) is 0.0621. The summed E-state index contributed by atoms with van der Waals surface area (Å²) >= 11 is 0. The van der Waals surface area contributed by atoms with Crippen molar-refractivity contribution in [2.24, 2.45) is 11.8 Å². The number of unbranched alkanes of at least 4 members (excludes halogenated alkanes) is 22. The SMILES string of the molecule is C.CCCCCCC(C)CCCCCCCCCCCC1(CCCCCCCCCCCC(C)CCCCCC)OCC(CCC)O1. The standard InChI is InChI=1S/C44H88O2.CH4/c1-6-9-11-27-34-41(4)36-29-23-19-15-13-17-21-25-31-38-44(45-40-43(46-44)33-8-3)39-32-26-22-18-14-16-20-24-30-37-42(5)35-28-12-10-7-2;/h41-43H,6-40H2,1-5H3;1H4. The molecule has 1 saturated heterocycles. The van der Waals surface area contributed by atoms with Crippen LogP contribution in [0.3, 0.4) is 0 Å². The number of hydrogen-bond acceptors (Lipinski definition) is 2. The number of ether oxygens (including phenoxy) is 2. The van der Waals surface area contributed by atoms with Gasteiger partial charge in [-0.3, -0.25) is 0 Å². The molecule has 1 aliphatic rings. The van der Waals surface area contributed by atoms with Gasteiger partial charge in [-0.25, -0.2) is 0 Å². The summed E-state index contributed by atoms with van der Waals surface area (Å²) in [6.07, 6.45) is 47.4. The Morgan fingerprint density at radius 3 is 1.11 bits per heavy atom. The summed E-state index contributed by atoms with van der Waals surface area (Å²) in [7, 11) is 0. The highest BCUT2D eigenvalue weighted by Crippen LogP contribution is 2.36. The minimum Gasteiger partial charge on any atom is -0.347 e. The maximum absolute atomic E-state index is 6.63. The van der Waals surface area contributed by atoms with Crippen molar-refractivity contribution in [1.29, 1.82) is 0 Å². The van der Waals surface area contributed by atoms with Crippen molar-refractivity contribution in [2.75, 3.05) is 6.61 Å². The first kappa shape index (κ1) is 46.9. The lowest BCUT2D eigenvalue weighted by molar-refractivity contribution is -0.180. The molecule has 3 unspecified atom stereocenters. The Morgan fingerprint density at radius 1 is 0.447 bits per heavy atom. The normalized spacial score (nSPS) is 19.2. The average Bonchev–Trinajstić information content (AvgIpc) is 3.45. The Labute approximate surface area is 299 Å². The Kier molecular flexibility index (Phi) is 34.3. The van der Waals surface area contributed by atoms with Crippen molar-refractivity contribution in [3.8, 4) is 0 Å². The predicted octanol–water partition coefficient (Wildman–Crippen LogP) is 16.3. The van der Waals surface area contributed by atoms with Gasteiger partial charge in [-0.05, 0) is 31.1 Å².